The molecule has 8 N–H and O–H groups in total. The first kappa shape index (κ1) is 26.0. The van der Waals surface area contributed by atoms with Crippen LogP contribution in [0.3, 0.4) is 0 Å². The lowest BCUT2D eigenvalue weighted by atomic mass is 10.1. The molecule has 5 unspecified atom stereocenters. The van der Waals surface area contributed by atoms with E-state index in [1.807, 2.05) is 5.32 Å². The van der Waals surface area contributed by atoms with E-state index in [9.17, 15) is 29.1 Å². The molecule has 12 nitrogen and oxygen atoms in total. The quantitative estimate of drug-likeness (QED) is 0.138. The Kier molecular flexibility index (Phi) is 11.5. The van der Waals surface area contributed by atoms with Crippen LogP contribution < -0.4 is 21.7 Å². The van der Waals surface area contributed by atoms with Crippen LogP contribution in [0.5, 0.6) is 0 Å². The number of amides is 3. The predicted octanol–water partition coefficient (Wildman–Crippen LogP) is -3.43. The molecule has 0 aromatic heterocycles. The molecule has 0 fully saturated rings. The second kappa shape index (κ2) is 12.4. The number of hydrogen-bond donors (Lipinski definition) is 9. The summed E-state index contributed by atoms with van der Waals surface area (Å²) < 4.78 is 0. The zero-order valence-electron chi connectivity index (χ0n) is 14.9. The molecule has 0 aromatic carbocycles. The number of carboxylic acids is 2. The van der Waals surface area contributed by atoms with Crippen molar-refractivity contribution in [1.82, 2.24) is 16.0 Å². The van der Waals surface area contributed by atoms with Crippen molar-refractivity contribution in [3.8, 4) is 0 Å². The number of carbonyl (C=O) groups excluding carboxylic acids is 3. The minimum atomic E-state index is -1.72. The van der Waals surface area contributed by atoms with Crippen molar-refractivity contribution in [2.75, 3.05) is 11.5 Å². The summed E-state index contributed by atoms with van der Waals surface area (Å²) in [4.78, 5) is 58.0. The number of nitrogens with two attached hydrogens (primary N) is 1. The average molecular weight is 441 g/mol. The second-order valence-electron chi connectivity index (χ2n) is 5.76. The van der Waals surface area contributed by atoms with Crippen LogP contribution in [-0.4, -0.2) is 86.8 Å². The van der Waals surface area contributed by atoms with Crippen LogP contribution in [0.4, 0.5) is 0 Å². The van der Waals surface area contributed by atoms with Crippen LogP contribution in [0.2, 0.25) is 0 Å². The number of hydrogen-bond acceptors (Lipinski definition) is 9. The van der Waals surface area contributed by atoms with E-state index >= 15 is 0 Å². The third-order valence-corrected chi connectivity index (χ3v) is 4.16. The highest BCUT2D eigenvalue weighted by Crippen LogP contribution is 2.00. The number of aliphatic carboxylic acids is 2. The van der Waals surface area contributed by atoms with E-state index in [0.717, 1.165) is 0 Å². The molecule has 160 valence electrons. The Labute approximate surface area is 171 Å². The maximum atomic E-state index is 12.3. The number of rotatable bonds is 12. The fraction of sp³-hybridized carbons (Fsp3) is 0.643. The summed E-state index contributed by atoms with van der Waals surface area (Å²) in [6.45, 7) is 1.22. The van der Waals surface area contributed by atoms with E-state index in [1.165, 1.54) is 6.92 Å². The Hall–Kier alpha value is -2.03. The minimum absolute atomic E-state index is 0.0121. The van der Waals surface area contributed by atoms with Crippen molar-refractivity contribution in [1.29, 1.82) is 0 Å². The van der Waals surface area contributed by atoms with E-state index in [4.69, 9.17) is 15.9 Å². The molecule has 0 heterocycles. The molecule has 14 heteroatoms. The van der Waals surface area contributed by atoms with Crippen molar-refractivity contribution in [2.24, 2.45) is 5.73 Å². The van der Waals surface area contributed by atoms with Gasteiger partial charge in [0.1, 0.15) is 18.1 Å². The van der Waals surface area contributed by atoms with Gasteiger partial charge in [0.15, 0.2) is 0 Å². The Bertz CT molecular complexity index is 604. The summed E-state index contributed by atoms with van der Waals surface area (Å²) in [6.07, 6.45) is -2.22. The molecule has 28 heavy (non-hydrogen) atoms. The number of aliphatic hydroxyl groups is 1. The summed E-state index contributed by atoms with van der Waals surface area (Å²) >= 11 is 7.74. The van der Waals surface area contributed by atoms with Crippen LogP contribution in [-0.2, 0) is 24.0 Å². The molecule has 0 rings (SSSR count). The molecule has 0 saturated heterocycles. The number of carbonyl (C=O) groups is 5. The fourth-order valence-electron chi connectivity index (χ4n) is 1.85. The van der Waals surface area contributed by atoms with Gasteiger partial charge in [-0.25, -0.2) is 4.79 Å². The number of carboxylic acid groups (broad SMARTS) is 2. The van der Waals surface area contributed by atoms with Crippen LogP contribution in [0.25, 0.3) is 0 Å². The Morgan fingerprint density at radius 3 is 1.82 bits per heavy atom. The van der Waals surface area contributed by atoms with Crippen molar-refractivity contribution >= 4 is 54.9 Å². The summed E-state index contributed by atoms with van der Waals surface area (Å²) in [6, 6.07) is -5.57. The average Bonchev–Trinajstić information content (AvgIpc) is 2.61. The van der Waals surface area contributed by atoms with E-state index in [1.54, 1.807) is 0 Å². The summed E-state index contributed by atoms with van der Waals surface area (Å²) in [5.41, 5.74) is 5.48. The standard InChI is InChI=1S/C14H24N4O8S2/c1-5(19)10(18-11(22)6(15)3-27)13(24)17-8(4-28)12(23)16-7(14(25)26)2-9(20)21/h5-8,10,19,27-28H,2-4,15H2,1H3,(H,16,23)(H,17,24)(H,18,22)(H,20,21)(H,25,26). The van der Waals surface area contributed by atoms with Gasteiger partial charge in [-0.15, -0.1) is 0 Å². The zero-order chi connectivity index (χ0) is 22.0. The summed E-state index contributed by atoms with van der Waals surface area (Å²) in [5.74, 6) is -6.01. The lowest BCUT2D eigenvalue weighted by Crippen LogP contribution is -2.60. The van der Waals surface area contributed by atoms with Crippen molar-refractivity contribution in [3.05, 3.63) is 0 Å². The van der Waals surface area contributed by atoms with Gasteiger partial charge >= 0.3 is 11.9 Å². The molecule has 3 amide bonds. The third kappa shape index (κ3) is 8.77. The van der Waals surface area contributed by atoms with Crippen LogP contribution >= 0.6 is 25.3 Å². The molecule has 5 atom stereocenters. The van der Waals surface area contributed by atoms with Crippen LogP contribution in [0.15, 0.2) is 0 Å². The Balaban J connectivity index is 5.15. The molecular weight excluding hydrogens is 416 g/mol. The topological polar surface area (TPSA) is 208 Å². The predicted molar refractivity (Wildman–Crippen MR) is 103 cm³/mol. The van der Waals surface area contributed by atoms with Crippen LogP contribution in [0, 0.1) is 0 Å². The first-order valence-electron chi connectivity index (χ1n) is 7.95. The lowest BCUT2D eigenvalue weighted by Gasteiger charge is -2.25. The molecule has 0 radical (unpaired) electrons. The Morgan fingerprint density at radius 1 is 0.893 bits per heavy atom. The normalized spacial score (nSPS) is 16.0. The molecule has 0 aliphatic rings. The smallest absolute Gasteiger partial charge is 0.326 e. The van der Waals surface area contributed by atoms with E-state index in [-0.39, 0.29) is 11.5 Å². The number of thiol groups is 2. The second-order valence-corrected chi connectivity index (χ2v) is 6.49. The number of nitrogens with one attached hydrogen (secondary N) is 3. The third-order valence-electron chi connectivity index (χ3n) is 3.40. The van der Waals surface area contributed by atoms with Gasteiger partial charge in [0.05, 0.1) is 18.6 Å². The Morgan fingerprint density at radius 2 is 1.43 bits per heavy atom. The SMILES string of the molecule is CC(O)C(NC(=O)C(N)CS)C(=O)NC(CS)C(=O)NC(CC(=O)O)C(=O)O. The van der Waals surface area contributed by atoms with Gasteiger partial charge < -0.3 is 37.0 Å². The van der Waals surface area contributed by atoms with E-state index in [0.29, 0.717) is 0 Å². The molecule has 0 aliphatic carbocycles. The van der Waals surface area contributed by atoms with Gasteiger partial charge in [0, 0.05) is 11.5 Å². The van der Waals surface area contributed by atoms with Gasteiger partial charge in [-0.1, -0.05) is 0 Å². The highest BCUT2D eigenvalue weighted by atomic mass is 32.1. The molecule has 0 bridgehead atoms. The monoisotopic (exact) mass is 440 g/mol. The zero-order valence-corrected chi connectivity index (χ0v) is 16.7. The molecular formula is C14H24N4O8S2. The van der Waals surface area contributed by atoms with Crippen molar-refractivity contribution in [2.45, 2.75) is 43.6 Å². The maximum absolute atomic E-state index is 12.3. The highest BCUT2D eigenvalue weighted by Gasteiger charge is 2.32. The summed E-state index contributed by atoms with van der Waals surface area (Å²) in [5, 5.41) is 33.8. The number of aliphatic hydroxyl groups excluding tert-OH is 1. The minimum Gasteiger partial charge on any atom is -0.481 e. The van der Waals surface area contributed by atoms with Gasteiger partial charge in [-0.3, -0.25) is 19.2 Å². The first-order chi connectivity index (χ1) is 12.9. The van der Waals surface area contributed by atoms with Crippen LogP contribution in [0.1, 0.15) is 13.3 Å². The molecule has 0 aromatic rings. The van der Waals surface area contributed by atoms with Gasteiger partial charge in [-0.2, -0.15) is 25.3 Å². The highest BCUT2D eigenvalue weighted by molar-refractivity contribution is 7.80. The van der Waals surface area contributed by atoms with Gasteiger partial charge in [0.2, 0.25) is 17.7 Å². The van der Waals surface area contributed by atoms with Crippen molar-refractivity contribution < 1.29 is 39.3 Å². The first-order valence-corrected chi connectivity index (χ1v) is 9.22. The fourth-order valence-corrected chi connectivity index (χ4v) is 2.27. The van der Waals surface area contributed by atoms with Crippen molar-refractivity contribution in [3.63, 3.8) is 0 Å². The van der Waals surface area contributed by atoms with E-state index < -0.39 is 66.4 Å². The molecule has 0 aliphatic heterocycles. The molecule has 0 saturated carbocycles. The van der Waals surface area contributed by atoms with Gasteiger partial charge in [-0.05, 0) is 6.92 Å². The largest absolute Gasteiger partial charge is 0.481 e. The van der Waals surface area contributed by atoms with Gasteiger partial charge in [0.25, 0.3) is 0 Å². The van der Waals surface area contributed by atoms with E-state index in [2.05, 4.69) is 35.9 Å². The summed E-state index contributed by atoms with van der Waals surface area (Å²) in [7, 11) is 0. The maximum Gasteiger partial charge on any atom is 0.326 e. The molecule has 0 spiro atoms. The lowest BCUT2D eigenvalue weighted by molar-refractivity contribution is -0.147.